The van der Waals surface area contributed by atoms with Crippen molar-refractivity contribution in [1.29, 1.82) is 0 Å². The number of hydrogen-bond donors (Lipinski definition) is 2. The molecule has 2 aromatic carbocycles. The van der Waals surface area contributed by atoms with Gasteiger partial charge in [-0.3, -0.25) is 4.72 Å². The van der Waals surface area contributed by atoms with E-state index in [1.807, 2.05) is 0 Å². The van der Waals surface area contributed by atoms with Crippen molar-refractivity contribution in [1.82, 2.24) is 0 Å². The van der Waals surface area contributed by atoms with Crippen molar-refractivity contribution in [3.8, 4) is 11.5 Å². The maximum atomic E-state index is 13.2. The third-order valence-corrected chi connectivity index (χ3v) is 3.95. The summed E-state index contributed by atoms with van der Waals surface area (Å²) < 4.78 is 44.8. The minimum atomic E-state index is -4.08. The number of rotatable bonds is 4. The van der Waals surface area contributed by atoms with E-state index in [1.54, 1.807) is 12.1 Å². The zero-order valence-corrected chi connectivity index (χ0v) is 11.3. The van der Waals surface area contributed by atoms with Crippen molar-refractivity contribution in [2.75, 3.05) is 11.8 Å². The van der Waals surface area contributed by atoms with Crippen LogP contribution in [0.3, 0.4) is 0 Å². The van der Waals surface area contributed by atoms with E-state index < -0.39 is 15.8 Å². The van der Waals surface area contributed by atoms with Crippen LogP contribution in [-0.2, 0) is 10.0 Å². The second-order valence-electron chi connectivity index (χ2n) is 3.92. The topological polar surface area (TPSA) is 75.6 Å². The first-order chi connectivity index (χ1) is 9.44. The summed E-state index contributed by atoms with van der Waals surface area (Å²) in [5, 5.41) is 9.57. The SMILES string of the molecule is COc1ccc(F)cc1S(=O)(=O)Nc1ccccc1O. The maximum absolute atomic E-state index is 13.2. The first-order valence-electron chi connectivity index (χ1n) is 5.58. The van der Waals surface area contributed by atoms with Crippen molar-refractivity contribution in [2.45, 2.75) is 4.90 Å². The third-order valence-electron chi connectivity index (χ3n) is 2.56. The summed E-state index contributed by atoms with van der Waals surface area (Å²) in [6.07, 6.45) is 0. The van der Waals surface area contributed by atoms with Crippen molar-refractivity contribution in [2.24, 2.45) is 0 Å². The Morgan fingerprint density at radius 2 is 1.90 bits per heavy atom. The number of anilines is 1. The highest BCUT2D eigenvalue weighted by Crippen LogP contribution is 2.29. The summed E-state index contributed by atoms with van der Waals surface area (Å²) >= 11 is 0. The Labute approximate surface area is 115 Å². The highest BCUT2D eigenvalue weighted by molar-refractivity contribution is 7.92. The fraction of sp³-hybridized carbons (Fsp3) is 0.0769. The van der Waals surface area contributed by atoms with E-state index >= 15 is 0 Å². The number of phenolic OH excluding ortho intramolecular Hbond substituents is 1. The second kappa shape index (κ2) is 5.38. The van der Waals surface area contributed by atoms with E-state index in [0.717, 1.165) is 12.1 Å². The molecule has 0 aliphatic heterocycles. The van der Waals surface area contributed by atoms with Gasteiger partial charge in [0, 0.05) is 0 Å². The minimum Gasteiger partial charge on any atom is -0.506 e. The molecule has 2 aromatic rings. The molecule has 7 heteroatoms. The molecule has 2 N–H and O–H groups in total. The molecule has 0 aliphatic rings. The highest BCUT2D eigenvalue weighted by Gasteiger charge is 2.21. The van der Waals surface area contributed by atoms with E-state index in [2.05, 4.69) is 4.72 Å². The number of halogens is 1. The predicted octanol–water partition coefficient (Wildman–Crippen LogP) is 2.34. The van der Waals surface area contributed by atoms with Gasteiger partial charge in [0.1, 0.15) is 22.2 Å². The number of phenols is 1. The fourth-order valence-corrected chi connectivity index (χ4v) is 2.88. The Kier molecular flexibility index (Phi) is 3.80. The Bertz CT molecular complexity index is 731. The molecule has 0 bridgehead atoms. The van der Waals surface area contributed by atoms with E-state index in [0.29, 0.717) is 0 Å². The number of methoxy groups -OCH3 is 1. The van der Waals surface area contributed by atoms with E-state index in [1.165, 1.54) is 25.3 Å². The lowest BCUT2D eigenvalue weighted by molar-refractivity contribution is 0.401. The van der Waals surface area contributed by atoms with Crippen LogP contribution in [0.15, 0.2) is 47.4 Å². The number of hydrogen-bond acceptors (Lipinski definition) is 4. The molecule has 0 heterocycles. The third kappa shape index (κ3) is 2.83. The monoisotopic (exact) mass is 297 g/mol. The van der Waals surface area contributed by atoms with Gasteiger partial charge in [-0.1, -0.05) is 12.1 Å². The normalized spacial score (nSPS) is 11.1. The molecule has 0 aromatic heterocycles. The molecule has 0 amide bonds. The molecule has 5 nitrogen and oxygen atoms in total. The summed E-state index contributed by atoms with van der Waals surface area (Å²) in [6.45, 7) is 0. The molecular formula is C13H12FNO4S. The molecule has 0 unspecified atom stereocenters. The van der Waals surface area contributed by atoms with E-state index in [-0.39, 0.29) is 22.1 Å². The summed E-state index contributed by atoms with van der Waals surface area (Å²) in [6, 6.07) is 8.99. The number of sulfonamides is 1. The first-order valence-corrected chi connectivity index (χ1v) is 7.07. The van der Waals surface area contributed by atoms with Gasteiger partial charge >= 0.3 is 0 Å². The van der Waals surface area contributed by atoms with Crippen molar-refractivity contribution < 1.29 is 22.7 Å². The van der Waals surface area contributed by atoms with Crippen LogP contribution in [0, 0.1) is 5.82 Å². The maximum Gasteiger partial charge on any atom is 0.265 e. The molecule has 106 valence electrons. The van der Waals surface area contributed by atoms with Crippen LogP contribution in [0.4, 0.5) is 10.1 Å². The minimum absolute atomic E-state index is 0.00110. The van der Waals surface area contributed by atoms with Crippen LogP contribution in [0.25, 0.3) is 0 Å². The molecule has 0 fully saturated rings. The van der Waals surface area contributed by atoms with Gasteiger partial charge in [0.25, 0.3) is 10.0 Å². The van der Waals surface area contributed by atoms with E-state index in [4.69, 9.17) is 4.74 Å². The quantitative estimate of drug-likeness (QED) is 0.849. The molecule has 0 atom stereocenters. The van der Waals surface area contributed by atoms with Gasteiger partial charge in [0.15, 0.2) is 0 Å². The molecular weight excluding hydrogens is 285 g/mol. The Hall–Kier alpha value is -2.28. The lowest BCUT2D eigenvalue weighted by Gasteiger charge is -2.12. The molecule has 0 spiro atoms. The Morgan fingerprint density at radius 3 is 2.55 bits per heavy atom. The summed E-state index contributed by atoms with van der Waals surface area (Å²) in [5.41, 5.74) is -0.00110. The average molecular weight is 297 g/mol. The molecule has 20 heavy (non-hydrogen) atoms. The van der Waals surface area contributed by atoms with Crippen LogP contribution >= 0.6 is 0 Å². The number of para-hydroxylation sites is 2. The van der Waals surface area contributed by atoms with Crippen molar-refractivity contribution in [3.63, 3.8) is 0 Å². The highest BCUT2D eigenvalue weighted by atomic mass is 32.2. The number of ether oxygens (including phenoxy) is 1. The standard InChI is InChI=1S/C13H12FNO4S/c1-19-12-7-6-9(14)8-13(12)20(17,18)15-10-4-2-3-5-11(10)16/h2-8,15-16H,1H3. The van der Waals surface area contributed by atoms with Crippen LogP contribution < -0.4 is 9.46 Å². The van der Waals surface area contributed by atoms with Gasteiger partial charge in [-0.05, 0) is 30.3 Å². The fourth-order valence-electron chi connectivity index (χ4n) is 1.62. The smallest absolute Gasteiger partial charge is 0.265 e. The number of aromatic hydroxyl groups is 1. The largest absolute Gasteiger partial charge is 0.506 e. The van der Waals surface area contributed by atoms with Crippen LogP contribution in [0.1, 0.15) is 0 Å². The van der Waals surface area contributed by atoms with Gasteiger partial charge in [-0.15, -0.1) is 0 Å². The van der Waals surface area contributed by atoms with Crippen LogP contribution in [-0.4, -0.2) is 20.6 Å². The van der Waals surface area contributed by atoms with Gasteiger partial charge in [-0.25, -0.2) is 12.8 Å². The average Bonchev–Trinajstić information content (AvgIpc) is 2.41. The molecule has 0 aliphatic carbocycles. The predicted molar refractivity (Wildman–Crippen MR) is 71.9 cm³/mol. The van der Waals surface area contributed by atoms with Crippen molar-refractivity contribution >= 4 is 15.7 Å². The first kappa shape index (κ1) is 14.1. The second-order valence-corrected chi connectivity index (χ2v) is 5.57. The summed E-state index contributed by atoms with van der Waals surface area (Å²) in [5.74, 6) is -0.927. The van der Waals surface area contributed by atoms with E-state index in [9.17, 15) is 17.9 Å². The van der Waals surface area contributed by atoms with Crippen LogP contribution in [0.5, 0.6) is 11.5 Å². The lowest BCUT2D eigenvalue weighted by atomic mass is 10.3. The Morgan fingerprint density at radius 1 is 1.20 bits per heavy atom. The van der Waals surface area contributed by atoms with Gasteiger partial charge < -0.3 is 9.84 Å². The molecule has 0 saturated heterocycles. The summed E-state index contributed by atoms with van der Waals surface area (Å²) in [7, 11) is -2.79. The Balaban J connectivity index is 2.46. The summed E-state index contributed by atoms with van der Waals surface area (Å²) in [4.78, 5) is -0.344. The molecule has 0 saturated carbocycles. The lowest BCUT2D eigenvalue weighted by Crippen LogP contribution is -2.14. The molecule has 0 radical (unpaired) electrons. The zero-order chi connectivity index (χ0) is 14.8. The zero-order valence-electron chi connectivity index (χ0n) is 10.5. The molecule has 2 rings (SSSR count). The van der Waals surface area contributed by atoms with Crippen molar-refractivity contribution in [3.05, 3.63) is 48.3 Å². The van der Waals surface area contributed by atoms with Crippen LogP contribution in [0.2, 0.25) is 0 Å². The van der Waals surface area contributed by atoms with Gasteiger partial charge in [0.05, 0.1) is 12.8 Å². The number of nitrogens with one attached hydrogen (secondary N) is 1. The van der Waals surface area contributed by atoms with Gasteiger partial charge in [-0.2, -0.15) is 0 Å². The number of benzene rings is 2. The van der Waals surface area contributed by atoms with Gasteiger partial charge in [0.2, 0.25) is 0 Å².